The Morgan fingerprint density at radius 1 is 1.21 bits per heavy atom. The lowest BCUT2D eigenvalue weighted by atomic mass is 10.1. The van der Waals surface area contributed by atoms with E-state index in [0.717, 1.165) is 23.9 Å². The zero-order chi connectivity index (χ0) is 24.0. The van der Waals surface area contributed by atoms with Crippen LogP contribution < -0.4 is 20.5 Å². The van der Waals surface area contributed by atoms with Crippen LogP contribution >= 0.6 is 0 Å². The van der Waals surface area contributed by atoms with Gasteiger partial charge in [-0.1, -0.05) is 12.1 Å². The molecule has 0 saturated heterocycles. The summed E-state index contributed by atoms with van der Waals surface area (Å²) < 4.78 is 11.3. The first-order valence-electron chi connectivity index (χ1n) is 9.55. The molecule has 11 nitrogen and oxygen atoms in total. The van der Waals surface area contributed by atoms with E-state index in [1.165, 1.54) is 17.7 Å². The van der Waals surface area contributed by atoms with Gasteiger partial charge in [-0.05, 0) is 35.9 Å². The minimum Gasteiger partial charge on any atom is -0.504 e. The highest BCUT2D eigenvalue weighted by Gasteiger charge is 2.18. The molecule has 0 aliphatic rings. The van der Waals surface area contributed by atoms with Crippen molar-refractivity contribution in [3.63, 3.8) is 0 Å². The molecule has 0 aliphatic heterocycles. The molecule has 1 heterocycles. The van der Waals surface area contributed by atoms with E-state index in [-0.39, 0.29) is 34.9 Å². The summed E-state index contributed by atoms with van der Waals surface area (Å²) in [6, 6.07) is 12.2. The highest BCUT2D eigenvalue weighted by Crippen LogP contribution is 2.32. The van der Waals surface area contributed by atoms with Crippen LogP contribution in [-0.2, 0) is 6.54 Å². The molecule has 11 heteroatoms. The Morgan fingerprint density at radius 3 is 2.58 bits per heavy atom. The Labute approximate surface area is 187 Å². The lowest BCUT2D eigenvalue weighted by Crippen LogP contribution is -2.30. The fourth-order valence-electron chi connectivity index (χ4n) is 2.98. The first kappa shape index (κ1) is 23.0. The van der Waals surface area contributed by atoms with E-state index in [1.807, 2.05) is 0 Å². The predicted molar refractivity (Wildman–Crippen MR) is 119 cm³/mol. The molecule has 3 rings (SSSR count). The fourth-order valence-corrected chi connectivity index (χ4v) is 2.98. The first-order chi connectivity index (χ1) is 15.8. The topological polar surface area (TPSA) is 145 Å². The van der Waals surface area contributed by atoms with Gasteiger partial charge < -0.3 is 19.1 Å². The van der Waals surface area contributed by atoms with Crippen LogP contribution in [0.5, 0.6) is 17.2 Å². The first-order valence-corrected chi connectivity index (χ1v) is 9.55. The summed E-state index contributed by atoms with van der Waals surface area (Å²) in [7, 11) is 2.81. The van der Waals surface area contributed by atoms with Gasteiger partial charge in [-0.25, -0.2) is 5.43 Å². The summed E-state index contributed by atoms with van der Waals surface area (Å²) in [6.07, 6.45) is 2.55. The Kier molecular flexibility index (Phi) is 7.03. The van der Waals surface area contributed by atoms with Crippen LogP contribution in [0.25, 0.3) is 0 Å². The molecule has 0 aliphatic carbocycles. The molecule has 3 aromatic rings. The van der Waals surface area contributed by atoms with Gasteiger partial charge in [-0.3, -0.25) is 19.7 Å². The number of pyridine rings is 1. The van der Waals surface area contributed by atoms with E-state index in [0.29, 0.717) is 5.75 Å². The van der Waals surface area contributed by atoms with Crippen molar-refractivity contribution < 1.29 is 24.3 Å². The number of nitrogens with zero attached hydrogens (tertiary/aromatic N) is 3. The molecule has 170 valence electrons. The van der Waals surface area contributed by atoms with Gasteiger partial charge in [-0.2, -0.15) is 5.10 Å². The molecule has 0 unspecified atom stereocenters. The molecule has 0 saturated carbocycles. The van der Waals surface area contributed by atoms with Crippen LogP contribution in [0, 0.1) is 10.1 Å². The molecule has 1 aromatic heterocycles. The second-order valence-corrected chi connectivity index (χ2v) is 6.74. The molecule has 0 radical (unpaired) electrons. The van der Waals surface area contributed by atoms with Crippen LogP contribution in [0.15, 0.2) is 64.6 Å². The molecule has 0 fully saturated rings. The maximum atomic E-state index is 12.7. The lowest BCUT2D eigenvalue weighted by molar-refractivity contribution is -0.385. The number of aromatic nitrogens is 1. The number of nitrogens with one attached hydrogen (secondary N) is 1. The van der Waals surface area contributed by atoms with Crippen molar-refractivity contribution in [1.29, 1.82) is 0 Å². The van der Waals surface area contributed by atoms with Gasteiger partial charge in [0.1, 0.15) is 11.3 Å². The Balaban J connectivity index is 1.78. The van der Waals surface area contributed by atoms with Gasteiger partial charge in [0, 0.05) is 6.20 Å². The highest BCUT2D eigenvalue weighted by atomic mass is 16.6. The molecular weight excluding hydrogens is 432 g/mol. The molecule has 2 aromatic carbocycles. The van der Waals surface area contributed by atoms with Crippen molar-refractivity contribution in [2.24, 2.45) is 5.10 Å². The average molecular weight is 452 g/mol. The monoisotopic (exact) mass is 452 g/mol. The summed E-state index contributed by atoms with van der Waals surface area (Å²) in [5.41, 5.74) is 1.87. The normalized spacial score (nSPS) is 10.7. The van der Waals surface area contributed by atoms with Crippen molar-refractivity contribution in [3.05, 3.63) is 91.9 Å². The van der Waals surface area contributed by atoms with E-state index in [2.05, 4.69) is 10.5 Å². The minimum absolute atomic E-state index is 0.0661. The van der Waals surface area contributed by atoms with Gasteiger partial charge in [0.15, 0.2) is 11.5 Å². The molecule has 0 atom stereocenters. The number of amides is 1. The summed E-state index contributed by atoms with van der Waals surface area (Å²) in [5.74, 6) is -0.520. The quantitative estimate of drug-likeness (QED) is 0.303. The maximum Gasteiger partial charge on any atom is 0.282 e. The van der Waals surface area contributed by atoms with Gasteiger partial charge in [0.25, 0.3) is 17.2 Å². The molecule has 0 bridgehead atoms. The molecule has 2 N–H and O–H groups in total. The highest BCUT2D eigenvalue weighted by molar-refractivity contribution is 5.95. The van der Waals surface area contributed by atoms with Crippen molar-refractivity contribution in [1.82, 2.24) is 9.99 Å². The van der Waals surface area contributed by atoms with Crippen LogP contribution in [0.3, 0.4) is 0 Å². The Hall–Kier alpha value is -4.67. The number of hydrogen-bond acceptors (Lipinski definition) is 8. The number of methoxy groups -OCH3 is 2. The third-order valence-electron chi connectivity index (χ3n) is 4.67. The number of carbonyl (C=O) groups is 1. The lowest BCUT2D eigenvalue weighted by Gasteiger charge is -2.08. The minimum atomic E-state index is -0.791. The number of phenolic OH excluding ortho intramolecular Hbond substituents is 1. The predicted octanol–water partition coefficient (Wildman–Crippen LogP) is 2.29. The van der Waals surface area contributed by atoms with Crippen LogP contribution in [0.1, 0.15) is 21.5 Å². The zero-order valence-electron chi connectivity index (χ0n) is 17.7. The number of carbonyl (C=O) groups excluding carboxylic acids is 1. The smallest absolute Gasteiger partial charge is 0.282 e. The Bertz CT molecular complexity index is 1270. The van der Waals surface area contributed by atoms with Crippen LogP contribution in [0.4, 0.5) is 5.69 Å². The summed E-state index contributed by atoms with van der Waals surface area (Å²) in [5, 5.41) is 24.8. The van der Waals surface area contributed by atoms with Crippen LogP contribution in [-0.4, -0.2) is 40.9 Å². The molecule has 0 spiro atoms. The number of nitro benzene ring substituents is 1. The third kappa shape index (κ3) is 5.34. The van der Waals surface area contributed by atoms with Crippen molar-refractivity contribution in [3.8, 4) is 17.2 Å². The summed E-state index contributed by atoms with van der Waals surface area (Å²) >= 11 is 0. The number of ether oxygens (including phenoxy) is 2. The number of nitro groups is 1. The van der Waals surface area contributed by atoms with Crippen molar-refractivity contribution in [2.75, 3.05) is 14.2 Å². The summed E-state index contributed by atoms with van der Waals surface area (Å²) in [4.78, 5) is 35.8. The number of rotatable bonds is 8. The second-order valence-electron chi connectivity index (χ2n) is 6.74. The molecular formula is C22H20N4O7. The largest absolute Gasteiger partial charge is 0.504 e. The Morgan fingerprint density at radius 2 is 1.94 bits per heavy atom. The number of benzene rings is 2. The summed E-state index contributed by atoms with van der Waals surface area (Å²) in [6.45, 7) is 0.241. The number of phenols is 1. The van der Waals surface area contributed by atoms with Gasteiger partial charge >= 0.3 is 0 Å². The van der Waals surface area contributed by atoms with Crippen molar-refractivity contribution in [2.45, 2.75) is 6.54 Å². The van der Waals surface area contributed by atoms with Crippen LogP contribution in [0.2, 0.25) is 0 Å². The van der Waals surface area contributed by atoms with Crippen molar-refractivity contribution >= 4 is 17.8 Å². The van der Waals surface area contributed by atoms with E-state index in [4.69, 9.17) is 9.47 Å². The number of hydrazone groups is 1. The van der Waals surface area contributed by atoms with Gasteiger partial charge in [0.05, 0.1) is 43.5 Å². The standard InChI is InChI=1S/C22H20N4O7/c1-32-16-7-5-14(6-8-16)13-25-9-3-4-17(22(25)29)21(28)24-23-12-15-10-19(27)20(33-2)11-18(15)26(30)31/h3-12,27H,13H2,1-2H3,(H,24,28)/b23-12-. The molecule has 33 heavy (non-hydrogen) atoms. The fraction of sp³-hybridized carbons (Fsp3) is 0.136. The zero-order valence-corrected chi connectivity index (χ0v) is 17.7. The van der Waals surface area contributed by atoms with Gasteiger partial charge in [-0.15, -0.1) is 0 Å². The SMILES string of the molecule is COc1ccc(Cn2cccc(C(=O)N/N=C\c3cc(O)c(OC)cc3[N+](=O)[O-])c2=O)cc1. The maximum absolute atomic E-state index is 12.7. The number of hydrogen-bond donors (Lipinski definition) is 2. The van der Waals surface area contributed by atoms with E-state index >= 15 is 0 Å². The number of aromatic hydroxyl groups is 1. The van der Waals surface area contributed by atoms with Gasteiger partial charge in [0.2, 0.25) is 0 Å². The second kappa shape index (κ2) is 10.1. The third-order valence-corrected chi connectivity index (χ3v) is 4.67. The van der Waals surface area contributed by atoms with E-state index in [1.54, 1.807) is 43.6 Å². The molecule has 1 amide bonds. The van der Waals surface area contributed by atoms with E-state index < -0.39 is 16.4 Å². The average Bonchev–Trinajstić information content (AvgIpc) is 2.80. The van der Waals surface area contributed by atoms with E-state index in [9.17, 15) is 24.8 Å².